The van der Waals surface area contributed by atoms with Crippen LogP contribution < -0.4 is 9.47 Å². The first kappa shape index (κ1) is 12.6. The number of aromatic amines is 1. The Bertz CT molecular complexity index is 604. The molecule has 0 aliphatic rings. The predicted octanol–water partition coefficient (Wildman–Crippen LogP) is 2.37. The van der Waals surface area contributed by atoms with E-state index < -0.39 is 0 Å². The smallest absolute Gasteiger partial charge is 0.194 e. The number of methoxy groups -OCH3 is 1. The standard InChI is InChI=1S/C12H15N3O2S/c1-8-4-5-9(10(6-8)16-3)17-7-11-13-14-12(18)15(11)2/h4-6H,7H2,1-3H3,(H,14,18). The fraction of sp³-hybridized carbons (Fsp3) is 0.333. The van der Waals surface area contributed by atoms with Crippen LogP contribution in [0.25, 0.3) is 0 Å². The summed E-state index contributed by atoms with van der Waals surface area (Å²) in [6.45, 7) is 2.34. The number of nitrogens with zero attached hydrogens (tertiary/aromatic N) is 2. The molecule has 0 fully saturated rings. The Morgan fingerprint density at radius 3 is 2.78 bits per heavy atom. The molecule has 6 heteroatoms. The summed E-state index contributed by atoms with van der Waals surface area (Å²) in [4.78, 5) is 0. The van der Waals surface area contributed by atoms with Crippen LogP contribution in [0.1, 0.15) is 11.4 Å². The number of nitrogens with one attached hydrogen (secondary N) is 1. The van der Waals surface area contributed by atoms with Gasteiger partial charge in [-0.1, -0.05) is 6.07 Å². The van der Waals surface area contributed by atoms with E-state index in [1.54, 1.807) is 11.7 Å². The van der Waals surface area contributed by atoms with Gasteiger partial charge in [-0.15, -0.1) is 0 Å². The summed E-state index contributed by atoms with van der Waals surface area (Å²) < 4.78 is 13.3. The van der Waals surface area contributed by atoms with E-state index in [0.717, 1.165) is 11.4 Å². The number of aromatic nitrogens is 3. The number of benzene rings is 1. The third kappa shape index (κ3) is 2.53. The number of rotatable bonds is 4. The number of aryl methyl sites for hydroxylation is 1. The van der Waals surface area contributed by atoms with Gasteiger partial charge in [-0.05, 0) is 36.8 Å². The maximum absolute atomic E-state index is 5.69. The monoisotopic (exact) mass is 265 g/mol. The molecule has 0 radical (unpaired) electrons. The molecule has 0 atom stereocenters. The molecule has 1 aromatic carbocycles. The number of ether oxygens (including phenoxy) is 2. The average molecular weight is 265 g/mol. The lowest BCUT2D eigenvalue weighted by molar-refractivity contribution is 0.272. The van der Waals surface area contributed by atoms with Crippen molar-refractivity contribution in [2.45, 2.75) is 13.5 Å². The van der Waals surface area contributed by atoms with Crippen LogP contribution in [0, 0.1) is 11.7 Å². The molecule has 2 rings (SSSR count). The Balaban J connectivity index is 2.15. The molecule has 0 unspecified atom stereocenters. The Hall–Kier alpha value is -1.82. The molecule has 0 aliphatic carbocycles. The van der Waals surface area contributed by atoms with E-state index in [4.69, 9.17) is 21.7 Å². The molecule has 0 bridgehead atoms. The quantitative estimate of drug-likeness (QED) is 0.862. The first-order chi connectivity index (χ1) is 8.61. The Kier molecular flexibility index (Phi) is 3.66. The highest BCUT2D eigenvalue weighted by atomic mass is 32.1. The summed E-state index contributed by atoms with van der Waals surface area (Å²) in [6, 6.07) is 5.79. The predicted molar refractivity (Wildman–Crippen MR) is 70.5 cm³/mol. The van der Waals surface area contributed by atoms with Gasteiger partial charge in [0.05, 0.1) is 7.11 Å². The molecule has 1 N–H and O–H groups in total. The zero-order valence-electron chi connectivity index (χ0n) is 10.6. The van der Waals surface area contributed by atoms with E-state index in [2.05, 4.69) is 10.2 Å². The van der Waals surface area contributed by atoms with Crippen LogP contribution in [0.4, 0.5) is 0 Å². The second-order valence-corrected chi connectivity index (χ2v) is 4.33. The molecular formula is C12H15N3O2S. The Morgan fingerprint density at radius 2 is 2.17 bits per heavy atom. The van der Waals surface area contributed by atoms with Crippen LogP contribution in [-0.4, -0.2) is 21.9 Å². The Labute approximate surface area is 110 Å². The minimum atomic E-state index is 0.336. The minimum Gasteiger partial charge on any atom is -0.493 e. The molecule has 1 aromatic heterocycles. The molecule has 2 aromatic rings. The highest BCUT2D eigenvalue weighted by Gasteiger charge is 2.07. The molecule has 1 heterocycles. The summed E-state index contributed by atoms with van der Waals surface area (Å²) in [5.74, 6) is 2.14. The lowest BCUT2D eigenvalue weighted by atomic mass is 10.2. The van der Waals surface area contributed by atoms with Crippen molar-refractivity contribution < 1.29 is 9.47 Å². The summed E-state index contributed by atoms with van der Waals surface area (Å²) in [5, 5.41) is 6.80. The van der Waals surface area contributed by atoms with Crippen LogP contribution in [0.2, 0.25) is 0 Å². The van der Waals surface area contributed by atoms with Gasteiger partial charge in [0.15, 0.2) is 22.1 Å². The normalized spacial score (nSPS) is 10.4. The van der Waals surface area contributed by atoms with Gasteiger partial charge in [0.2, 0.25) is 0 Å². The second-order valence-electron chi connectivity index (χ2n) is 3.95. The topological polar surface area (TPSA) is 52.1 Å². The van der Waals surface area contributed by atoms with Crippen molar-refractivity contribution in [3.05, 3.63) is 34.4 Å². The van der Waals surface area contributed by atoms with Gasteiger partial charge in [-0.2, -0.15) is 5.10 Å². The van der Waals surface area contributed by atoms with Gasteiger partial charge >= 0.3 is 0 Å². The van der Waals surface area contributed by atoms with Gasteiger partial charge in [0.25, 0.3) is 0 Å². The van der Waals surface area contributed by atoms with E-state index in [0.29, 0.717) is 22.9 Å². The summed E-state index contributed by atoms with van der Waals surface area (Å²) >= 11 is 5.04. The van der Waals surface area contributed by atoms with E-state index in [1.807, 2.05) is 32.2 Å². The zero-order valence-corrected chi connectivity index (χ0v) is 11.4. The van der Waals surface area contributed by atoms with Gasteiger partial charge in [0.1, 0.15) is 6.61 Å². The van der Waals surface area contributed by atoms with Gasteiger partial charge < -0.3 is 14.0 Å². The maximum atomic E-state index is 5.69. The summed E-state index contributed by atoms with van der Waals surface area (Å²) in [6.07, 6.45) is 0. The van der Waals surface area contributed by atoms with Gasteiger partial charge in [-0.25, -0.2) is 0 Å². The van der Waals surface area contributed by atoms with Gasteiger partial charge in [0, 0.05) is 7.05 Å². The average Bonchev–Trinajstić information content (AvgIpc) is 2.68. The van der Waals surface area contributed by atoms with Crippen LogP contribution in [0.5, 0.6) is 11.5 Å². The van der Waals surface area contributed by atoms with Crippen LogP contribution in [-0.2, 0) is 13.7 Å². The van der Waals surface area contributed by atoms with Crippen molar-refractivity contribution in [1.29, 1.82) is 0 Å². The summed E-state index contributed by atoms with van der Waals surface area (Å²) in [7, 11) is 3.47. The molecule has 0 aliphatic heterocycles. The van der Waals surface area contributed by atoms with E-state index in [-0.39, 0.29) is 0 Å². The molecular weight excluding hydrogens is 250 g/mol. The third-order valence-corrected chi connectivity index (χ3v) is 3.01. The van der Waals surface area contributed by atoms with Crippen LogP contribution >= 0.6 is 12.2 Å². The van der Waals surface area contributed by atoms with Crippen molar-refractivity contribution in [2.75, 3.05) is 7.11 Å². The first-order valence-corrected chi connectivity index (χ1v) is 5.90. The van der Waals surface area contributed by atoms with E-state index >= 15 is 0 Å². The largest absolute Gasteiger partial charge is 0.493 e. The molecule has 0 saturated heterocycles. The number of H-pyrrole nitrogens is 1. The van der Waals surface area contributed by atoms with Gasteiger partial charge in [-0.3, -0.25) is 5.10 Å². The maximum Gasteiger partial charge on any atom is 0.194 e. The van der Waals surface area contributed by atoms with Crippen molar-refractivity contribution in [2.24, 2.45) is 7.05 Å². The van der Waals surface area contributed by atoms with Crippen LogP contribution in [0.15, 0.2) is 18.2 Å². The fourth-order valence-corrected chi connectivity index (χ4v) is 1.70. The summed E-state index contributed by atoms with van der Waals surface area (Å²) in [5.41, 5.74) is 1.12. The number of hydrogen-bond donors (Lipinski definition) is 1. The molecule has 0 amide bonds. The van der Waals surface area contributed by atoms with Crippen molar-refractivity contribution >= 4 is 12.2 Å². The molecule has 0 spiro atoms. The fourth-order valence-electron chi connectivity index (χ4n) is 1.55. The molecule has 96 valence electrons. The third-order valence-electron chi connectivity index (χ3n) is 2.65. The van der Waals surface area contributed by atoms with Crippen molar-refractivity contribution in [3.63, 3.8) is 0 Å². The van der Waals surface area contributed by atoms with Crippen molar-refractivity contribution in [3.8, 4) is 11.5 Å². The zero-order chi connectivity index (χ0) is 13.1. The van der Waals surface area contributed by atoms with Crippen molar-refractivity contribution in [1.82, 2.24) is 14.8 Å². The second kappa shape index (κ2) is 5.22. The van der Waals surface area contributed by atoms with E-state index in [1.165, 1.54) is 0 Å². The molecule has 0 saturated carbocycles. The minimum absolute atomic E-state index is 0.336. The molecule has 18 heavy (non-hydrogen) atoms. The number of hydrogen-bond acceptors (Lipinski definition) is 4. The van der Waals surface area contributed by atoms with E-state index in [9.17, 15) is 0 Å². The highest BCUT2D eigenvalue weighted by molar-refractivity contribution is 7.71. The SMILES string of the molecule is COc1cc(C)ccc1OCc1n[nH]c(=S)n1C. The highest BCUT2D eigenvalue weighted by Crippen LogP contribution is 2.28. The lowest BCUT2D eigenvalue weighted by Gasteiger charge is -2.10. The first-order valence-electron chi connectivity index (χ1n) is 5.49. The Morgan fingerprint density at radius 1 is 1.39 bits per heavy atom. The lowest BCUT2D eigenvalue weighted by Crippen LogP contribution is -2.04. The van der Waals surface area contributed by atoms with Crippen LogP contribution in [0.3, 0.4) is 0 Å². The molecule has 5 nitrogen and oxygen atoms in total.